The van der Waals surface area contributed by atoms with Crippen molar-refractivity contribution in [1.82, 2.24) is 5.32 Å². The van der Waals surface area contributed by atoms with Crippen LogP contribution in [0.25, 0.3) is 0 Å². The van der Waals surface area contributed by atoms with Gasteiger partial charge in [-0.05, 0) is 18.9 Å². The van der Waals surface area contributed by atoms with Crippen LogP contribution >= 0.6 is 0 Å². The highest BCUT2D eigenvalue weighted by Gasteiger charge is 2.27. The van der Waals surface area contributed by atoms with E-state index in [2.05, 4.69) is 23.9 Å². The summed E-state index contributed by atoms with van der Waals surface area (Å²) in [5, 5.41) is 3.06. The summed E-state index contributed by atoms with van der Waals surface area (Å²) < 4.78 is 39.4. The highest BCUT2D eigenvalue weighted by atomic mass is 19.4. The summed E-state index contributed by atoms with van der Waals surface area (Å²) in [6.45, 7) is 4.50. The average Bonchev–Trinajstić information content (AvgIpc) is 2.09. The van der Waals surface area contributed by atoms with Crippen LogP contribution in [0.5, 0.6) is 0 Å². The smallest absolute Gasteiger partial charge is 0.371 e. The summed E-state index contributed by atoms with van der Waals surface area (Å²) in [6, 6.07) is 0. The number of nitrogens with one attached hydrogen (secondary N) is 1. The normalized spacial score (nSPS) is 14.2. The number of rotatable bonds is 8. The second-order valence-electron chi connectivity index (χ2n) is 3.77. The van der Waals surface area contributed by atoms with Gasteiger partial charge in [0.25, 0.3) is 0 Å². The largest absolute Gasteiger partial charge is 0.411 e. The fraction of sp³-hybridized carbons (Fsp3) is 1.00. The zero-order chi connectivity index (χ0) is 11.7. The summed E-state index contributed by atoms with van der Waals surface area (Å²) >= 11 is 0. The van der Waals surface area contributed by atoms with Crippen molar-refractivity contribution in [2.75, 3.05) is 26.3 Å². The molecule has 1 unspecified atom stereocenters. The summed E-state index contributed by atoms with van der Waals surface area (Å²) in [6.07, 6.45) is -1.95. The molecule has 0 amide bonds. The molecule has 1 atom stereocenters. The second kappa shape index (κ2) is 7.93. The van der Waals surface area contributed by atoms with E-state index < -0.39 is 12.8 Å². The highest BCUT2D eigenvalue weighted by Crippen LogP contribution is 2.13. The maximum Gasteiger partial charge on any atom is 0.411 e. The van der Waals surface area contributed by atoms with Gasteiger partial charge in [0, 0.05) is 6.54 Å². The molecule has 0 saturated carbocycles. The van der Waals surface area contributed by atoms with E-state index in [1.807, 2.05) is 0 Å². The number of halogens is 3. The molecule has 0 aliphatic heterocycles. The van der Waals surface area contributed by atoms with Gasteiger partial charge in [0.2, 0.25) is 0 Å². The fourth-order valence-electron chi connectivity index (χ4n) is 1.28. The van der Waals surface area contributed by atoms with E-state index in [9.17, 15) is 13.2 Å². The minimum Gasteiger partial charge on any atom is -0.371 e. The van der Waals surface area contributed by atoms with E-state index in [0.29, 0.717) is 12.5 Å². The van der Waals surface area contributed by atoms with E-state index >= 15 is 0 Å². The van der Waals surface area contributed by atoms with Crippen LogP contribution in [0, 0.1) is 5.92 Å². The molecular formula is C10H20F3NO. The molecule has 0 aromatic heterocycles. The summed E-state index contributed by atoms with van der Waals surface area (Å²) in [4.78, 5) is 0. The van der Waals surface area contributed by atoms with Crippen molar-refractivity contribution in [1.29, 1.82) is 0 Å². The van der Waals surface area contributed by atoms with Gasteiger partial charge in [0.1, 0.15) is 6.61 Å². The molecular weight excluding hydrogens is 207 g/mol. The molecule has 2 nitrogen and oxygen atoms in total. The molecule has 92 valence electrons. The lowest BCUT2D eigenvalue weighted by atomic mass is 10.1. The molecule has 0 rings (SSSR count). The van der Waals surface area contributed by atoms with Crippen LogP contribution in [0.15, 0.2) is 0 Å². The second-order valence-corrected chi connectivity index (χ2v) is 3.77. The molecule has 0 aliphatic rings. The van der Waals surface area contributed by atoms with Gasteiger partial charge >= 0.3 is 6.18 Å². The van der Waals surface area contributed by atoms with E-state index in [0.717, 1.165) is 19.4 Å². The molecule has 0 spiro atoms. The molecule has 15 heavy (non-hydrogen) atoms. The lowest BCUT2D eigenvalue weighted by Gasteiger charge is -2.12. The Morgan fingerprint density at radius 3 is 2.53 bits per heavy atom. The van der Waals surface area contributed by atoms with Crippen LogP contribution in [0.3, 0.4) is 0 Å². The Bertz CT molecular complexity index is 150. The quantitative estimate of drug-likeness (QED) is 0.643. The minimum atomic E-state index is -4.21. The fourth-order valence-corrected chi connectivity index (χ4v) is 1.28. The van der Waals surface area contributed by atoms with Crippen molar-refractivity contribution < 1.29 is 17.9 Å². The van der Waals surface area contributed by atoms with Crippen LogP contribution in [-0.2, 0) is 4.74 Å². The maximum absolute atomic E-state index is 11.6. The van der Waals surface area contributed by atoms with Crippen molar-refractivity contribution in [2.45, 2.75) is 32.9 Å². The van der Waals surface area contributed by atoms with Gasteiger partial charge in [-0.1, -0.05) is 20.3 Å². The molecule has 0 saturated heterocycles. The molecule has 0 heterocycles. The minimum absolute atomic E-state index is 0.109. The Labute approximate surface area is 89.2 Å². The number of hydrogen-bond acceptors (Lipinski definition) is 2. The van der Waals surface area contributed by atoms with Crippen LogP contribution in [0.1, 0.15) is 26.7 Å². The molecule has 0 bridgehead atoms. The Morgan fingerprint density at radius 1 is 1.33 bits per heavy atom. The van der Waals surface area contributed by atoms with E-state index in [1.165, 1.54) is 0 Å². The third-order valence-corrected chi connectivity index (χ3v) is 1.96. The Balaban J connectivity index is 3.18. The predicted molar refractivity (Wildman–Crippen MR) is 53.8 cm³/mol. The first-order valence-corrected chi connectivity index (χ1v) is 5.31. The van der Waals surface area contributed by atoms with Gasteiger partial charge in [0.05, 0.1) is 6.61 Å². The molecule has 0 radical (unpaired) electrons. The molecule has 0 aromatic carbocycles. The number of ether oxygens (including phenoxy) is 1. The predicted octanol–water partition coefficient (Wildman–Crippen LogP) is 2.59. The third kappa shape index (κ3) is 11.6. The van der Waals surface area contributed by atoms with E-state index in [-0.39, 0.29) is 6.61 Å². The van der Waals surface area contributed by atoms with Crippen molar-refractivity contribution in [3.8, 4) is 0 Å². The standard InChI is InChI=1S/C10H20F3NO/c1-3-4-9(2)7-14-5-6-15-8-10(11,12)13/h9,14H,3-8H2,1-2H3. The van der Waals surface area contributed by atoms with Gasteiger partial charge in [-0.2, -0.15) is 13.2 Å². The first-order valence-electron chi connectivity index (χ1n) is 5.31. The van der Waals surface area contributed by atoms with Gasteiger partial charge < -0.3 is 10.1 Å². The van der Waals surface area contributed by atoms with E-state index in [1.54, 1.807) is 0 Å². The summed E-state index contributed by atoms with van der Waals surface area (Å²) in [5.41, 5.74) is 0. The van der Waals surface area contributed by atoms with Crippen LogP contribution in [0.4, 0.5) is 13.2 Å². The van der Waals surface area contributed by atoms with Crippen molar-refractivity contribution >= 4 is 0 Å². The molecule has 1 N–H and O–H groups in total. The van der Waals surface area contributed by atoms with E-state index in [4.69, 9.17) is 0 Å². The maximum atomic E-state index is 11.6. The Kier molecular flexibility index (Phi) is 7.78. The molecule has 0 aliphatic carbocycles. The number of hydrogen-bond donors (Lipinski definition) is 1. The summed E-state index contributed by atoms with van der Waals surface area (Å²) in [5.74, 6) is 0.567. The van der Waals surface area contributed by atoms with Gasteiger partial charge in [0.15, 0.2) is 0 Å². The average molecular weight is 227 g/mol. The van der Waals surface area contributed by atoms with Crippen LogP contribution in [0.2, 0.25) is 0 Å². The topological polar surface area (TPSA) is 21.3 Å². The van der Waals surface area contributed by atoms with Crippen molar-refractivity contribution in [3.63, 3.8) is 0 Å². The zero-order valence-corrected chi connectivity index (χ0v) is 9.36. The first-order chi connectivity index (χ1) is 6.95. The van der Waals surface area contributed by atoms with Gasteiger partial charge in [-0.3, -0.25) is 0 Å². The van der Waals surface area contributed by atoms with Crippen molar-refractivity contribution in [3.05, 3.63) is 0 Å². The van der Waals surface area contributed by atoms with Gasteiger partial charge in [-0.25, -0.2) is 0 Å². The third-order valence-electron chi connectivity index (χ3n) is 1.96. The lowest BCUT2D eigenvalue weighted by molar-refractivity contribution is -0.173. The lowest BCUT2D eigenvalue weighted by Crippen LogP contribution is -2.27. The van der Waals surface area contributed by atoms with Gasteiger partial charge in [-0.15, -0.1) is 0 Å². The Hall–Kier alpha value is -0.290. The molecule has 5 heteroatoms. The van der Waals surface area contributed by atoms with Crippen LogP contribution in [-0.4, -0.2) is 32.5 Å². The summed E-state index contributed by atoms with van der Waals surface area (Å²) in [7, 11) is 0. The monoisotopic (exact) mass is 227 g/mol. The molecule has 0 aromatic rings. The van der Waals surface area contributed by atoms with Crippen LogP contribution < -0.4 is 5.32 Å². The number of alkyl halides is 3. The first kappa shape index (κ1) is 14.7. The Morgan fingerprint density at radius 2 is 2.00 bits per heavy atom. The van der Waals surface area contributed by atoms with Crippen molar-refractivity contribution in [2.24, 2.45) is 5.92 Å². The SMILES string of the molecule is CCCC(C)CNCCOCC(F)(F)F. The zero-order valence-electron chi connectivity index (χ0n) is 9.36. The highest BCUT2D eigenvalue weighted by molar-refractivity contribution is 4.56. The molecule has 0 fully saturated rings.